The molecule has 0 bridgehead atoms. The van der Waals surface area contributed by atoms with E-state index in [9.17, 15) is 4.79 Å². The summed E-state index contributed by atoms with van der Waals surface area (Å²) in [6.07, 6.45) is 0.640. The van der Waals surface area contributed by atoms with E-state index in [0.717, 1.165) is 33.4 Å². The molecular weight excluding hydrogens is 328 g/mol. The molecule has 3 aromatic rings. The summed E-state index contributed by atoms with van der Waals surface area (Å²) in [4.78, 5) is 13.2. The van der Waals surface area contributed by atoms with Gasteiger partial charge in [0.15, 0.2) is 5.78 Å². The van der Waals surface area contributed by atoms with Crippen molar-refractivity contribution in [3.05, 3.63) is 112 Å². The molecule has 0 unspecified atom stereocenters. The Kier molecular flexibility index (Phi) is 4.48. The number of carbonyl (C=O) groups excluding carboxylic acids is 1. The van der Waals surface area contributed by atoms with Crippen LogP contribution in [0.4, 0.5) is 0 Å². The lowest BCUT2D eigenvalue weighted by molar-refractivity contribution is 0.103. The Bertz CT molecular complexity index is 1100. The zero-order valence-corrected chi connectivity index (χ0v) is 15.5. The Hall–Kier alpha value is -3.37. The van der Waals surface area contributed by atoms with Gasteiger partial charge in [-0.1, -0.05) is 83.6 Å². The molecule has 0 atom stereocenters. The Morgan fingerprint density at radius 1 is 0.778 bits per heavy atom. The quantitative estimate of drug-likeness (QED) is 0.438. The van der Waals surface area contributed by atoms with E-state index in [4.69, 9.17) is 0 Å². The zero-order chi connectivity index (χ0) is 18.8. The van der Waals surface area contributed by atoms with Crippen molar-refractivity contribution in [1.82, 2.24) is 0 Å². The van der Waals surface area contributed by atoms with E-state index < -0.39 is 0 Å². The minimum Gasteiger partial charge on any atom is -0.289 e. The smallest absolute Gasteiger partial charge is 0.190 e. The molecule has 0 aliphatic heterocycles. The molecule has 0 saturated carbocycles. The molecule has 0 aromatic heterocycles. The molecule has 130 valence electrons. The first-order valence-electron chi connectivity index (χ1n) is 9.13. The molecule has 1 aliphatic rings. The molecule has 27 heavy (non-hydrogen) atoms. The van der Waals surface area contributed by atoms with Gasteiger partial charge in [0.25, 0.3) is 0 Å². The van der Waals surface area contributed by atoms with Crippen molar-refractivity contribution in [2.75, 3.05) is 0 Å². The van der Waals surface area contributed by atoms with Crippen molar-refractivity contribution in [2.24, 2.45) is 0 Å². The maximum Gasteiger partial charge on any atom is 0.190 e. The van der Waals surface area contributed by atoms with Gasteiger partial charge in [-0.15, -0.1) is 0 Å². The number of fused-ring (bicyclic) bond motifs is 1. The van der Waals surface area contributed by atoms with Crippen LogP contribution in [0.1, 0.15) is 38.2 Å². The average Bonchev–Trinajstić information content (AvgIpc) is 3.06. The van der Waals surface area contributed by atoms with E-state index in [1.54, 1.807) is 0 Å². The summed E-state index contributed by atoms with van der Waals surface area (Å²) in [5.41, 5.74) is 7.93. The Morgan fingerprint density at radius 2 is 1.41 bits per heavy atom. The summed E-state index contributed by atoms with van der Waals surface area (Å²) in [7, 11) is 0. The van der Waals surface area contributed by atoms with Crippen LogP contribution in [0.25, 0.3) is 5.57 Å². The molecule has 4 rings (SSSR count). The molecule has 0 saturated heterocycles. The second-order valence-electron chi connectivity index (χ2n) is 7.00. The second kappa shape index (κ2) is 7.09. The van der Waals surface area contributed by atoms with Crippen LogP contribution in [-0.4, -0.2) is 5.78 Å². The van der Waals surface area contributed by atoms with Gasteiger partial charge in [-0.3, -0.25) is 4.79 Å². The molecule has 0 radical (unpaired) electrons. The van der Waals surface area contributed by atoms with E-state index >= 15 is 0 Å². The first kappa shape index (κ1) is 17.1. The standard InChI is InChI=1S/C26H20O/c1-18-7-11-20(12-8-18)13-16-24-23-6-4-3-5-22(23)17-25(24)26(27)21-14-9-19(2)10-15-21/h3-12,14-15H,17H2,1-2H3. The van der Waals surface area contributed by atoms with Crippen LogP contribution in [0.2, 0.25) is 0 Å². The molecule has 1 nitrogen and oxygen atoms in total. The number of Topliss-reactive ketones (excluding diaryl/α,β-unsaturated/α-hetero) is 1. The monoisotopic (exact) mass is 348 g/mol. The highest BCUT2D eigenvalue weighted by Gasteiger charge is 2.25. The number of allylic oxidation sites excluding steroid dienone is 2. The molecule has 0 N–H and O–H groups in total. The van der Waals surface area contributed by atoms with Gasteiger partial charge in [0, 0.05) is 28.7 Å². The number of aryl methyl sites for hydroxylation is 2. The molecule has 1 heteroatoms. The number of benzene rings is 3. The van der Waals surface area contributed by atoms with E-state index in [2.05, 4.69) is 43.0 Å². The molecule has 0 amide bonds. The topological polar surface area (TPSA) is 17.1 Å². The van der Waals surface area contributed by atoms with Crippen LogP contribution < -0.4 is 0 Å². The van der Waals surface area contributed by atoms with E-state index in [-0.39, 0.29) is 5.78 Å². The molecule has 0 spiro atoms. The van der Waals surface area contributed by atoms with Gasteiger partial charge in [0.05, 0.1) is 0 Å². The van der Waals surface area contributed by atoms with Crippen molar-refractivity contribution >= 4 is 11.4 Å². The summed E-state index contributed by atoms with van der Waals surface area (Å²) < 4.78 is 0. The van der Waals surface area contributed by atoms with Crippen LogP contribution in [0.3, 0.4) is 0 Å². The van der Waals surface area contributed by atoms with Crippen LogP contribution in [0.15, 0.2) is 78.4 Å². The zero-order valence-electron chi connectivity index (χ0n) is 15.5. The van der Waals surface area contributed by atoms with E-state index in [1.807, 2.05) is 55.5 Å². The highest BCUT2D eigenvalue weighted by Crippen LogP contribution is 2.34. The van der Waals surface area contributed by atoms with E-state index in [0.29, 0.717) is 6.42 Å². The summed E-state index contributed by atoms with van der Waals surface area (Å²) in [6, 6.07) is 24.1. The Balaban J connectivity index is 1.78. The van der Waals surface area contributed by atoms with E-state index in [1.165, 1.54) is 11.1 Å². The summed E-state index contributed by atoms with van der Waals surface area (Å²) in [6.45, 7) is 4.09. The van der Waals surface area contributed by atoms with Gasteiger partial charge in [-0.05, 0) is 37.1 Å². The third-order valence-electron chi connectivity index (χ3n) is 4.93. The minimum absolute atomic E-state index is 0.0689. The van der Waals surface area contributed by atoms with Crippen molar-refractivity contribution in [2.45, 2.75) is 20.3 Å². The average molecular weight is 348 g/mol. The first-order valence-corrected chi connectivity index (χ1v) is 9.13. The van der Waals surface area contributed by atoms with Gasteiger partial charge in [0.2, 0.25) is 0 Å². The van der Waals surface area contributed by atoms with Gasteiger partial charge < -0.3 is 0 Å². The lowest BCUT2D eigenvalue weighted by Crippen LogP contribution is -2.04. The van der Waals surface area contributed by atoms with Gasteiger partial charge in [-0.2, -0.15) is 0 Å². The van der Waals surface area contributed by atoms with Crippen molar-refractivity contribution in [3.8, 4) is 11.8 Å². The van der Waals surface area contributed by atoms with Crippen molar-refractivity contribution in [1.29, 1.82) is 0 Å². The maximum absolute atomic E-state index is 13.2. The molecular formula is C26H20O. The molecule has 0 heterocycles. The number of hydrogen-bond acceptors (Lipinski definition) is 1. The highest BCUT2D eigenvalue weighted by atomic mass is 16.1. The fourth-order valence-electron chi connectivity index (χ4n) is 3.35. The highest BCUT2D eigenvalue weighted by molar-refractivity contribution is 6.16. The third kappa shape index (κ3) is 3.48. The number of carbonyl (C=O) groups is 1. The Labute approximate surface area is 160 Å². The molecule has 0 fully saturated rings. The van der Waals surface area contributed by atoms with Gasteiger partial charge in [-0.25, -0.2) is 0 Å². The number of hydrogen-bond donors (Lipinski definition) is 0. The largest absolute Gasteiger partial charge is 0.289 e. The lowest BCUT2D eigenvalue weighted by Gasteiger charge is -2.04. The second-order valence-corrected chi connectivity index (χ2v) is 7.00. The summed E-state index contributed by atoms with van der Waals surface area (Å²) in [5.74, 6) is 6.60. The van der Waals surface area contributed by atoms with Crippen molar-refractivity contribution < 1.29 is 4.79 Å². The summed E-state index contributed by atoms with van der Waals surface area (Å²) in [5, 5.41) is 0. The SMILES string of the molecule is Cc1ccc(C#CC2=C(C(=O)c3ccc(C)cc3)Cc3ccccc32)cc1. The van der Waals surface area contributed by atoms with Crippen molar-refractivity contribution in [3.63, 3.8) is 0 Å². The fourth-order valence-corrected chi connectivity index (χ4v) is 3.35. The summed E-state index contributed by atoms with van der Waals surface area (Å²) >= 11 is 0. The third-order valence-corrected chi connectivity index (χ3v) is 4.93. The number of ketones is 1. The molecule has 3 aromatic carbocycles. The van der Waals surface area contributed by atoms with Crippen LogP contribution in [-0.2, 0) is 6.42 Å². The normalized spacial score (nSPS) is 12.4. The van der Waals surface area contributed by atoms with Gasteiger partial charge in [0.1, 0.15) is 0 Å². The fraction of sp³-hybridized carbons (Fsp3) is 0.115. The predicted molar refractivity (Wildman–Crippen MR) is 111 cm³/mol. The lowest BCUT2D eigenvalue weighted by atomic mass is 9.98. The van der Waals surface area contributed by atoms with Crippen LogP contribution >= 0.6 is 0 Å². The number of rotatable bonds is 2. The first-order chi connectivity index (χ1) is 13.1. The minimum atomic E-state index is 0.0689. The van der Waals surface area contributed by atoms with Gasteiger partial charge >= 0.3 is 0 Å². The predicted octanol–water partition coefficient (Wildman–Crippen LogP) is 5.55. The van der Waals surface area contributed by atoms with Crippen LogP contribution in [0.5, 0.6) is 0 Å². The van der Waals surface area contributed by atoms with Crippen LogP contribution in [0, 0.1) is 25.7 Å². The Morgan fingerprint density at radius 3 is 2.11 bits per heavy atom. The molecule has 1 aliphatic carbocycles. The maximum atomic E-state index is 13.2.